The van der Waals surface area contributed by atoms with Crippen molar-refractivity contribution < 1.29 is 14.3 Å². The molecule has 4 heterocycles. The second-order valence-electron chi connectivity index (χ2n) is 9.86. The molecule has 0 aromatic carbocycles. The fourth-order valence-corrected chi connectivity index (χ4v) is 6.34. The van der Waals surface area contributed by atoms with Crippen LogP contribution in [0.1, 0.15) is 66.9 Å². The Morgan fingerprint density at radius 3 is 2.65 bits per heavy atom. The number of fused-ring (bicyclic) bond motifs is 4. The second kappa shape index (κ2) is 8.41. The van der Waals surface area contributed by atoms with Gasteiger partial charge in [-0.25, -0.2) is 0 Å². The molecule has 3 fully saturated rings. The fraction of sp³-hybridized carbons (Fsp3) is 0.708. The molecule has 4 aliphatic rings. The Morgan fingerprint density at radius 1 is 1.06 bits per heavy atom. The molecule has 7 heteroatoms. The van der Waals surface area contributed by atoms with Gasteiger partial charge in [0.1, 0.15) is 5.56 Å². The summed E-state index contributed by atoms with van der Waals surface area (Å²) in [6.45, 7) is 3.21. The molecule has 0 N–H and O–H groups in total. The molecule has 3 aliphatic heterocycles. The van der Waals surface area contributed by atoms with Gasteiger partial charge in [0, 0.05) is 50.8 Å². The Bertz CT molecular complexity index is 920. The van der Waals surface area contributed by atoms with E-state index in [2.05, 4.69) is 4.90 Å². The predicted octanol–water partition coefficient (Wildman–Crippen LogP) is 2.24. The summed E-state index contributed by atoms with van der Waals surface area (Å²) in [7, 11) is 1.65. The lowest BCUT2D eigenvalue weighted by Crippen LogP contribution is -2.51. The zero-order valence-corrected chi connectivity index (χ0v) is 18.4. The maximum atomic E-state index is 13.3. The van der Waals surface area contributed by atoms with Crippen LogP contribution in [0.3, 0.4) is 0 Å². The molecule has 1 aromatic rings. The maximum absolute atomic E-state index is 13.3. The number of hydrogen-bond acceptors (Lipinski definition) is 4. The van der Waals surface area contributed by atoms with Crippen molar-refractivity contribution >= 4 is 11.8 Å². The maximum Gasteiger partial charge on any atom is 0.263 e. The van der Waals surface area contributed by atoms with Crippen molar-refractivity contribution in [2.75, 3.05) is 33.4 Å². The Morgan fingerprint density at radius 2 is 1.87 bits per heavy atom. The van der Waals surface area contributed by atoms with Crippen LogP contribution in [0.4, 0.5) is 0 Å². The molecular weight excluding hydrogens is 394 g/mol. The highest BCUT2D eigenvalue weighted by Crippen LogP contribution is 2.37. The third kappa shape index (κ3) is 3.71. The molecule has 2 bridgehead atoms. The summed E-state index contributed by atoms with van der Waals surface area (Å²) in [6, 6.07) is 3.73. The fourth-order valence-electron chi connectivity index (χ4n) is 6.34. The quantitative estimate of drug-likeness (QED) is 0.739. The summed E-state index contributed by atoms with van der Waals surface area (Å²) in [6.07, 6.45) is 7.24. The molecular formula is C24H33N3O4. The lowest BCUT2D eigenvalue weighted by molar-refractivity contribution is -0.138. The van der Waals surface area contributed by atoms with Crippen LogP contribution < -0.4 is 5.56 Å². The number of hydrogen-bond donors (Lipinski definition) is 0. The second-order valence-corrected chi connectivity index (χ2v) is 9.86. The molecule has 3 atom stereocenters. The number of aromatic nitrogens is 1. The van der Waals surface area contributed by atoms with Crippen molar-refractivity contribution in [2.45, 2.75) is 63.5 Å². The normalized spacial score (nSPS) is 28.1. The van der Waals surface area contributed by atoms with Gasteiger partial charge in [0.25, 0.3) is 11.5 Å². The van der Waals surface area contributed by atoms with Crippen molar-refractivity contribution in [3.63, 3.8) is 0 Å². The highest BCUT2D eigenvalue weighted by Gasteiger charge is 2.39. The number of rotatable bonds is 4. The first-order valence-electron chi connectivity index (χ1n) is 11.9. The van der Waals surface area contributed by atoms with Gasteiger partial charge in [0.15, 0.2) is 0 Å². The number of carbonyl (C=O) groups excluding carboxylic acids is 2. The number of likely N-dealkylation sites (tertiary alicyclic amines) is 2. The van der Waals surface area contributed by atoms with E-state index in [9.17, 15) is 14.4 Å². The summed E-state index contributed by atoms with van der Waals surface area (Å²) < 4.78 is 7.09. The van der Waals surface area contributed by atoms with Crippen molar-refractivity contribution in [3.8, 4) is 0 Å². The van der Waals surface area contributed by atoms with Crippen LogP contribution in [-0.4, -0.2) is 65.6 Å². The molecule has 1 aromatic heterocycles. The molecule has 31 heavy (non-hydrogen) atoms. The monoisotopic (exact) mass is 427 g/mol. The number of piperidine rings is 1. The van der Waals surface area contributed by atoms with Crippen molar-refractivity contribution in [1.29, 1.82) is 0 Å². The number of methoxy groups -OCH3 is 1. The summed E-state index contributed by atoms with van der Waals surface area (Å²) in [5.74, 6) is 0.804. The first kappa shape index (κ1) is 20.7. The van der Waals surface area contributed by atoms with Gasteiger partial charge in [-0.2, -0.15) is 0 Å². The first-order valence-corrected chi connectivity index (χ1v) is 11.9. The lowest BCUT2D eigenvalue weighted by Gasteiger charge is -2.43. The van der Waals surface area contributed by atoms with Crippen LogP contribution in [0.25, 0.3) is 0 Å². The number of ether oxygens (including phenoxy) is 1. The molecule has 1 saturated carbocycles. The largest absolute Gasteiger partial charge is 0.383 e. The van der Waals surface area contributed by atoms with E-state index in [0.29, 0.717) is 32.1 Å². The van der Waals surface area contributed by atoms with Crippen LogP contribution in [0, 0.1) is 11.8 Å². The van der Waals surface area contributed by atoms with Crippen LogP contribution in [-0.2, 0) is 16.1 Å². The molecule has 1 aliphatic carbocycles. The average Bonchev–Trinajstić information content (AvgIpc) is 3.46. The van der Waals surface area contributed by atoms with E-state index in [1.165, 1.54) is 0 Å². The standard InChI is InChI=1S/C24H33N3O4/c1-31-15-19-7-4-10-26(19)23(29)20-8-9-21-18-11-16(13-27(21)24(20)30)12-25(14-18)22(28)17-5-2-3-6-17/h8-9,16-19H,2-7,10-15H2,1H3/t16-,18+,19-/m0/s1. The Balaban J connectivity index is 1.38. The van der Waals surface area contributed by atoms with Crippen LogP contribution in [0.2, 0.25) is 0 Å². The Kier molecular flexibility index (Phi) is 5.63. The van der Waals surface area contributed by atoms with E-state index in [-0.39, 0.29) is 40.8 Å². The van der Waals surface area contributed by atoms with Gasteiger partial charge in [-0.3, -0.25) is 14.4 Å². The van der Waals surface area contributed by atoms with E-state index < -0.39 is 0 Å². The molecule has 168 valence electrons. The topological polar surface area (TPSA) is 71.8 Å². The van der Waals surface area contributed by atoms with Gasteiger partial charge in [0.05, 0.1) is 12.6 Å². The molecule has 2 saturated heterocycles. The summed E-state index contributed by atoms with van der Waals surface area (Å²) in [5.41, 5.74) is 1.08. The van der Waals surface area contributed by atoms with E-state index in [0.717, 1.165) is 57.2 Å². The van der Waals surface area contributed by atoms with E-state index in [4.69, 9.17) is 4.74 Å². The number of carbonyl (C=O) groups is 2. The third-order valence-corrected chi connectivity index (χ3v) is 7.85. The van der Waals surface area contributed by atoms with Crippen LogP contribution in [0.5, 0.6) is 0 Å². The van der Waals surface area contributed by atoms with E-state index in [1.807, 2.05) is 10.6 Å². The number of nitrogens with zero attached hydrogens (tertiary/aromatic N) is 3. The molecule has 0 unspecified atom stereocenters. The van der Waals surface area contributed by atoms with Gasteiger partial charge in [-0.05, 0) is 50.2 Å². The Labute approximate surface area is 183 Å². The van der Waals surface area contributed by atoms with Crippen molar-refractivity contribution in [3.05, 3.63) is 33.7 Å². The van der Waals surface area contributed by atoms with Gasteiger partial charge in [-0.1, -0.05) is 12.8 Å². The highest BCUT2D eigenvalue weighted by molar-refractivity contribution is 5.94. The smallest absolute Gasteiger partial charge is 0.263 e. The minimum atomic E-state index is -0.173. The third-order valence-electron chi connectivity index (χ3n) is 7.85. The zero-order valence-electron chi connectivity index (χ0n) is 18.4. The van der Waals surface area contributed by atoms with Gasteiger partial charge < -0.3 is 19.1 Å². The van der Waals surface area contributed by atoms with Crippen LogP contribution in [0.15, 0.2) is 16.9 Å². The van der Waals surface area contributed by atoms with Gasteiger partial charge in [0.2, 0.25) is 5.91 Å². The minimum absolute atomic E-state index is 0.0486. The van der Waals surface area contributed by atoms with E-state index in [1.54, 1.807) is 18.1 Å². The van der Waals surface area contributed by atoms with Crippen molar-refractivity contribution in [1.82, 2.24) is 14.4 Å². The zero-order chi connectivity index (χ0) is 21.5. The number of pyridine rings is 1. The minimum Gasteiger partial charge on any atom is -0.383 e. The van der Waals surface area contributed by atoms with Gasteiger partial charge in [-0.15, -0.1) is 0 Å². The van der Waals surface area contributed by atoms with Crippen molar-refractivity contribution in [2.24, 2.45) is 11.8 Å². The summed E-state index contributed by atoms with van der Waals surface area (Å²) in [5, 5.41) is 0. The Hall–Kier alpha value is -2.15. The molecule has 2 amide bonds. The SMILES string of the molecule is COC[C@@H]1CCCN1C(=O)c1ccc2n(c1=O)C[C@H]1C[C@@H]2CN(C(=O)C2CCCC2)C1. The molecule has 7 nitrogen and oxygen atoms in total. The lowest BCUT2D eigenvalue weighted by atomic mass is 9.82. The van der Waals surface area contributed by atoms with E-state index >= 15 is 0 Å². The molecule has 0 spiro atoms. The summed E-state index contributed by atoms with van der Waals surface area (Å²) >= 11 is 0. The first-order chi connectivity index (χ1) is 15.1. The molecule has 0 radical (unpaired) electrons. The van der Waals surface area contributed by atoms with Crippen LogP contribution >= 0.6 is 0 Å². The number of amides is 2. The molecule has 5 rings (SSSR count). The summed E-state index contributed by atoms with van der Waals surface area (Å²) in [4.78, 5) is 43.4. The highest BCUT2D eigenvalue weighted by atomic mass is 16.5. The van der Waals surface area contributed by atoms with Gasteiger partial charge >= 0.3 is 0 Å². The average molecular weight is 428 g/mol. The predicted molar refractivity (Wildman–Crippen MR) is 116 cm³/mol.